The van der Waals surface area contributed by atoms with Gasteiger partial charge in [0.15, 0.2) is 0 Å². The summed E-state index contributed by atoms with van der Waals surface area (Å²) in [5.74, 6) is 0. The standard InChI is InChI=1S/C14H8Br.C4H10O2.Li/c15-14-12-7-3-1-5-10(12)9-11-6-2-4-8-13(11)14;1-5-3-4-6-2;/h1-8H;3-4H2,1-2H3;/q-1;;+1. The third-order valence-electron chi connectivity index (χ3n) is 3.09. The van der Waals surface area contributed by atoms with E-state index in [4.69, 9.17) is 0 Å². The summed E-state index contributed by atoms with van der Waals surface area (Å²) in [6, 6.07) is 20.0. The van der Waals surface area contributed by atoms with E-state index in [-0.39, 0.29) is 18.9 Å². The van der Waals surface area contributed by atoms with Crippen molar-refractivity contribution in [1.82, 2.24) is 0 Å². The molecule has 2 nitrogen and oxygen atoms in total. The van der Waals surface area contributed by atoms with Gasteiger partial charge in [-0.2, -0.15) is 0 Å². The Morgan fingerprint density at radius 2 is 1.23 bits per heavy atom. The zero-order valence-electron chi connectivity index (χ0n) is 13.2. The van der Waals surface area contributed by atoms with E-state index in [9.17, 15) is 0 Å². The minimum atomic E-state index is 0. The molecule has 0 amide bonds. The van der Waals surface area contributed by atoms with Gasteiger partial charge in [0.05, 0.1) is 13.2 Å². The van der Waals surface area contributed by atoms with Gasteiger partial charge in [-0.15, -0.1) is 29.0 Å². The number of fused-ring (bicyclic) bond motifs is 2. The summed E-state index contributed by atoms with van der Waals surface area (Å²) in [7, 11) is 3.30. The van der Waals surface area contributed by atoms with E-state index in [1.807, 2.05) is 12.1 Å². The van der Waals surface area contributed by atoms with Gasteiger partial charge in [0.2, 0.25) is 0 Å². The Labute approximate surface area is 152 Å². The molecule has 110 valence electrons. The molecule has 22 heavy (non-hydrogen) atoms. The van der Waals surface area contributed by atoms with E-state index < -0.39 is 0 Å². The van der Waals surface area contributed by atoms with Gasteiger partial charge >= 0.3 is 18.9 Å². The molecule has 0 atom stereocenters. The van der Waals surface area contributed by atoms with E-state index in [0.717, 1.165) is 15.2 Å². The predicted octanol–water partition coefficient (Wildman–Crippen LogP) is 1.84. The van der Waals surface area contributed by atoms with Crippen LogP contribution in [0.2, 0.25) is 0 Å². The SMILES string of the molecule is Brc1c2ccccc2[c-]c2ccccc12.COCCOC.[Li+]. The maximum atomic E-state index is 4.66. The fraction of sp³-hybridized carbons (Fsp3) is 0.222. The van der Waals surface area contributed by atoms with Gasteiger partial charge in [0.1, 0.15) is 0 Å². The Bertz CT molecular complexity index is 658. The monoisotopic (exact) mass is 352 g/mol. The van der Waals surface area contributed by atoms with Gasteiger partial charge in [-0.25, -0.2) is 0 Å². The van der Waals surface area contributed by atoms with Crippen LogP contribution in [0, 0.1) is 6.07 Å². The first-order chi connectivity index (χ1) is 10.3. The van der Waals surface area contributed by atoms with Gasteiger partial charge in [0, 0.05) is 14.2 Å². The maximum Gasteiger partial charge on any atom is 1.00 e. The number of ether oxygens (including phenoxy) is 2. The molecule has 4 heteroatoms. The molecule has 0 aromatic heterocycles. The van der Waals surface area contributed by atoms with Crippen molar-refractivity contribution in [3.63, 3.8) is 0 Å². The van der Waals surface area contributed by atoms with Crippen LogP contribution in [-0.4, -0.2) is 27.4 Å². The molecule has 0 saturated heterocycles. The summed E-state index contributed by atoms with van der Waals surface area (Å²) in [6.45, 7) is 1.38. The molecule has 0 spiro atoms. The van der Waals surface area contributed by atoms with Crippen molar-refractivity contribution < 1.29 is 28.3 Å². The molecular formula is C18H18BrLiO2. The van der Waals surface area contributed by atoms with Gasteiger partial charge in [0.25, 0.3) is 0 Å². The van der Waals surface area contributed by atoms with Crippen molar-refractivity contribution in [3.8, 4) is 0 Å². The number of hydrogen-bond acceptors (Lipinski definition) is 2. The Morgan fingerprint density at radius 3 is 1.64 bits per heavy atom. The first kappa shape index (κ1) is 19.2. The van der Waals surface area contributed by atoms with Crippen molar-refractivity contribution in [2.75, 3.05) is 27.4 Å². The smallest absolute Gasteiger partial charge is 0.382 e. The Balaban J connectivity index is 0.000000302. The number of halogens is 1. The normalized spacial score (nSPS) is 9.95. The van der Waals surface area contributed by atoms with Crippen LogP contribution in [-0.2, 0) is 9.47 Å². The molecule has 3 rings (SSSR count). The largest absolute Gasteiger partial charge is 1.00 e. The van der Waals surface area contributed by atoms with Crippen LogP contribution in [0.25, 0.3) is 21.5 Å². The molecule has 0 aliphatic heterocycles. The zero-order valence-corrected chi connectivity index (χ0v) is 14.8. The predicted molar refractivity (Wildman–Crippen MR) is 91.7 cm³/mol. The van der Waals surface area contributed by atoms with E-state index in [1.54, 1.807) is 14.2 Å². The average molecular weight is 353 g/mol. The van der Waals surface area contributed by atoms with Gasteiger partial charge in [-0.3, -0.25) is 0 Å². The van der Waals surface area contributed by atoms with Crippen LogP contribution in [0.1, 0.15) is 0 Å². The fourth-order valence-corrected chi connectivity index (χ4v) is 2.72. The van der Waals surface area contributed by atoms with E-state index in [1.165, 1.54) is 10.8 Å². The van der Waals surface area contributed by atoms with Crippen molar-refractivity contribution >= 4 is 37.5 Å². The molecule has 0 aliphatic carbocycles. The number of rotatable bonds is 3. The Morgan fingerprint density at radius 1 is 0.818 bits per heavy atom. The Hall–Kier alpha value is -0.823. The van der Waals surface area contributed by atoms with Crippen LogP contribution in [0.5, 0.6) is 0 Å². The topological polar surface area (TPSA) is 18.5 Å². The molecule has 3 aromatic carbocycles. The number of hydrogen-bond donors (Lipinski definition) is 0. The molecule has 0 bridgehead atoms. The molecule has 0 heterocycles. The summed E-state index contributed by atoms with van der Waals surface area (Å²) < 4.78 is 10.5. The molecule has 0 unspecified atom stereocenters. The van der Waals surface area contributed by atoms with Crippen LogP contribution >= 0.6 is 15.9 Å². The number of benzene rings is 3. The second-order valence-electron chi connectivity index (χ2n) is 4.52. The van der Waals surface area contributed by atoms with Gasteiger partial charge in [-0.05, 0) is 4.47 Å². The molecule has 0 N–H and O–H groups in total. The van der Waals surface area contributed by atoms with Crippen LogP contribution in [0.4, 0.5) is 0 Å². The third-order valence-corrected chi connectivity index (χ3v) is 3.94. The molecular weight excluding hydrogens is 335 g/mol. The molecule has 3 aromatic rings. The summed E-state index contributed by atoms with van der Waals surface area (Å²) in [5.41, 5.74) is 0. The molecule has 0 fully saturated rings. The summed E-state index contributed by atoms with van der Waals surface area (Å²) in [5, 5.41) is 4.75. The van der Waals surface area contributed by atoms with E-state index in [2.05, 4.69) is 67.9 Å². The summed E-state index contributed by atoms with van der Waals surface area (Å²) >= 11 is 3.66. The fourth-order valence-electron chi connectivity index (χ4n) is 2.02. The van der Waals surface area contributed by atoms with Crippen molar-refractivity contribution in [2.24, 2.45) is 0 Å². The maximum absolute atomic E-state index is 4.66. The van der Waals surface area contributed by atoms with E-state index >= 15 is 0 Å². The summed E-state index contributed by atoms with van der Waals surface area (Å²) in [6.07, 6.45) is 0. The minimum absolute atomic E-state index is 0. The van der Waals surface area contributed by atoms with Crippen LogP contribution in [0.15, 0.2) is 53.0 Å². The quantitative estimate of drug-likeness (QED) is 0.310. The zero-order chi connectivity index (χ0) is 15.1. The third kappa shape index (κ3) is 4.84. The first-order valence-corrected chi connectivity index (χ1v) is 7.53. The molecule has 0 saturated carbocycles. The van der Waals surface area contributed by atoms with Crippen LogP contribution in [0.3, 0.4) is 0 Å². The van der Waals surface area contributed by atoms with Crippen molar-refractivity contribution in [2.45, 2.75) is 0 Å². The second kappa shape index (κ2) is 10.0. The van der Waals surface area contributed by atoms with Gasteiger partial charge in [-0.1, -0.05) is 63.1 Å². The molecule has 0 radical (unpaired) electrons. The van der Waals surface area contributed by atoms with Crippen molar-refractivity contribution in [3.05, 3.63) is 59.1 Å². The first-order valence-electron chi connectivity index (χ1n) is 6.74. The second-order valence-corrected chi connectivity index (χ2v) is 5.31. The number of methoxy groups -OCH3 is 2. The van der Waals surface area contributed by atoms with Gasteiger partial charge < -0.3 is 9.47 Å². The van der Waals surface area contributed by atoms with Crippen molar-refractivity contribution in [1.29, 1.82) is 0 Å². The average Bonchev–Trinajstić information content (AvgIpc) is 2.54. The molecule has 0 aliphatic rings. The van der Waals surface area contributed by atoms with E-state index in [0.29, 0.717) is 13.2 Å². The summed E-state index contributed by atoms with van der Waals surface area (Å²) in [4.78, 5) is 0. The van der Waals surface area contributed by atoms with Crippen LogP contribution < -0.4 is 18.9 Å². The minimum Gasteiger partial charge on any atom is -0.382 e. The Kier molecular flexibility index (Phi) is 8.78.